The van der Waals surface area contributed by atoms with E-state index in [0.29, 0.717) is 22.6 Å². The summed E-state index contributed by atoms with van der Waals surface area (Å²) in [6.45, 7) is 0.222. The van der Waals surface area contributed by atoms with Crippen molar-refractivity contribution < 1.29 is 9.59 Å². The van der Waals surface area contributed by atoms with E-state index in [2.05, 4.69) is 15.4 Å². The number of nitrogen functional groups attached to an aromatic ring is 1. The van der Waals surface area contributed by atoms with Gasteiger partial charge in [0.15, 0.2) is 5.82 Å². The number of benzene rings is 1. The second kappa shape index (κ2) is 6.60. The lowest BCUT2D eigenvalue weighted by atomic mass is 10.2. The summed E-state index contributed by atoms with van der Waals surface area (Å²) < 4.78 is 1.28. The SMILES string of the molecule is CN(C)C(=O)NCc1cc(C(=O)n2nc(N)c3ccccc32)ccn1. The average molecular weight is 338 g/mol. The van der Waals surface area contributed by atoms with Crippen LogP contribution in [0.1, 0.15) is 16.1 Å². The lowest BCUT2D eigenvalue weighted by molar-refractivity contribution is 0.0950. The van der Waals surface area contributed by atoms with Crippen LogP contribution < -0.4 is 11.1 Å². The van der Waals surface area contributed by atoms with Crippen LogP contribution in [0.2, 0.25) is 0 Å². The normalized spacial score (nSPS) is 10.6. The Balaban J connectivity index is 1.87. The molecule has 3 aromatic rings. The van der Waals surface area contributed by atoms with Crippen LogP contribution in [-0.4, -0.2) is 45.7 Å². The van der Waals surface area contributed by atoms with Crippen LogP contribution in [0.5, 0.6) is 0 Å². The molecule has 3 rings (SSSR count). The number of aromatic nitrogens is 3. The minimum atomic E-state index is -0.310. The van der Waals surface area contributed by atoms with E-state index in [9.17, 15) is 9.59 Å². The molecule has 8 heteroatoms. The number of urea groups is 1. The van der Waals surface area contributed by atoms with Crippen LogP contribution in [0.25, 0.3) is 10.9 Å². The summed E-state index contributed by atoms with van der Waals surface area (Å²) in [5.74, 6) is -0.00744. The fourth-order valence-electron chi connectivity index (χ4n) is 2.40. The van der Waals surface area contributed by atoms with E-state index in [1.165, 1.54) is 15.8 Å². The van der Waals surface area contributed by atoms with Crippen molar-refractivity contribution in [2.45, 2.75) is 6.54 Å². The number of amides is 2. The van der Waals surface area contributed by atoms with Crippen molar-refractivity contribution >= 4 is 28.7 Å². The Hall–Kier alpha value is -3.42. The number of carbonyl (C=O) groups excluding carboxylic acids is 2. The third kappa shape index (κ3) is 3.27. The number of hydrogen-bond acceptors (Lipinski definition) is 5. The molecule has 0 bridgehead atoms. The fourth-order valence-corrected chi connectivity index (χ4v) is 2.40. The number of carbonyl (C=O) groups is 2. The van der Waals surface area contributed by atoms with Gasteiger partial charge in [-0.05, 0) is 24.3 Å². The maximum Gasteiger partial charge on any atom is 0.317 e. The molecule has 0 fully saturated rings. The first kappa shape index (κ1) is 16.4. The Labute approximate surface area is 144 Å². The van der Waals surface area contributed by atoms with E-state index in [1.807, 2.05) is 18.2 Å². The summed E-state index contributed by atoms with van der Waals surface area (Å²) in [7, 11) is 3.30. The molecule has 3 N–H and O–H groups in total. The van der Waals surface area contributed by atoms with Crippen molar-refractivity contribution in [3.8, 4) is 0 Å². The van der Waals surface area contributed by atoms with Crippen molar-refractivity contribution in [3.05, 3.63) is 53.9 Å². The zero-order valence-electron chi connectivity index (χ0n) is 13.9. The molecule has 0 saturated carbocycles. The fraction of sp³-hybridized carbons (Fsp3) is 0.176. The van der Waals surface area contributed by atoms with Crippen molar-refractivity contribution in [1.29, 1.82) is 0 Å². The third-order valence-corrected chi connectivity index (χ3v) is 3.70. The van der Waals surface area contributed by atoms with Crippen LogP contribution >= 0.6 is 0 Å². The number of nitrogens with zero attached hydrogens (tertiary/aromatic N) is 4. The molecular weight excluding hydrogens is 320 g/mol. The smallest absolute Gasteiger partial charge is 0.317 e. The highest BCUT2D eigenvalue weighted by molar-refractivity contribution is 6.03. The van der Waals surface area contributed by atoms with E-state index in [0.717, 1.165) is 5.39 Å². The van der Waals surface area contributed by atoms with Gasteiger partial charge in [-0.3, -0.25) is 9.78 Å². The van der Waals surface area contributed by atoms with E-state index in [1.54, 1.807) is 32.3 Å². The third-order valence-electron chi connectivity index (χ3n) is 3.70. The van der Waals surface area contributed by atoms with Gasteiger partial charge in [-0.1, -0.05) is 12.1 Å². The van der Waals surface area contributed by atoms with Gasteiger partial charge < -0.3 is 16.0 Å². The van der Waals surface area contributed by atoms with Crippen LogP contribution in [0.3, 0.4) is 0 Å². The molecule has 0 radical (unpaired) electrons. The Morgan fingerprint density at radius 3 is 2.76 bits per heavy atom. The largest absolute Gasteiger partial charge is 0.382 e. The van der Waals surface area contributed by atoms with Crippen LogP contribution in [0.15, 0.2) is 42.6 Å². The van der Waals surface area contributed by atoms with E-state index >= 15 is 0 Å². The molecule has 25 heavy (non-hydrogen) atoms. The predicted molar refractivity (Wildman–Crippen MR) is 94.0 cm³/mol. The summed E-state index contributed by atoms with van der Waals surface area (Å²) in [4.78, 5) is 30.0. The van der Waals surface area contributed by atoms with Gasteiger partial charge in [-0.2, -0.15) is 4.68 Å². The molecule has 0 aliphatic rings. The first-order chi connectivity index (χ1) is 12.0. The van der Waals surface area contributed by atoms with Crippen LogP contribution in [-0.2, 0) is 6.54 Å². The molecule has 0 aliphatic carbocycles. The molecule has 0 atom stereocenters. The first-order valence-corrected chi connectivity index (χ1v) is 7.65. The van der Waals surface area contributed by atoms with Gasteiger partial charge in [0.25, 0.3) is 5.91 Å². The molecule has 2 aromatic heterocycles. The van der Waals surface area contributed by atoms with E-state index in [-0.39, 0.29) is 18.5 Å². The van der Waals surface area contributed by atoms with Crippen molar-refractivity contribution in [2.75, 3.05) is 19.8 Å². The number of nitrogens with two attached hydrogens (primary N) is 1. The van der Waals surface area contributed by atoms with Gasteiger partial charge in [-0.15, -0.1) is 5.10 Å². The molecule has 0 spiro atoms. The Bertz CT molecular complexity index is 947. The van der Waals surface area contributed by atoms with Crippen LogP contribution in [0, 0.1) is 0 Å². The number of fused-ring (bicyclic) bond motifs is 1. The highest BCUT2D eigenvalue weighted by atomic mass is 16.2. The molecule has 1 aromatic carbocycles. The minimum absolute atomic E-state index is 0.222. The van der Waals surface area contributed by atoms with Crippen molar-refractivity contribution in [2.24, 2.45) is 0 Å². The first-order valence-electron chi connectivity index (χ1n) is 7.65. The molecule has 0 saturated heterocycles. The van der Waals surface area contributed by atoms with Gasteiger partial charge >= 0.3 is 6.03 Å². The maximum absolute atomic E-state index is 12.8. The monoisotopic (exact) mass is 338 g/mol. The summed E-state index contributed by atoms with van der Waals surface area (Å²) in [5, 5.41) is 7.58. The second-order valence-corrected chi connectivity index (χ2v) is 5.71. The summed E-state index contributed by atoms with van der Waals surface area (Å²) >= 11 is 0. The van der Waals surface area contributed by atoms with Gasteiger partial charge in [0.2, 0.25) is 0 Å². The zero-order valence-corrected chi connectivity index (χ0v) is 13.9. The van der Waals surface area contributed by atoms with Gasteiger partial charge in [0.1, 0.15) is 0 Å². The van der Waals surface area contributed by atoms with Crippen molar-refractivity contribution in [3.63, 3.8) is 0 Å². The predicted octanol–water partition coefficient (Wildman–Crippen LogP) is 1.47. The van der Waals surface area contributed by atoms with Gasteiger partial charge in [0.05, 0.1) is 17.8 Å². The lowest BCUT2D eigenvalue weighted by Gasteiger charge is -2.11. The highest BCUT2D eigenvalue weighted by Gasteiger charge is 2.16. The minimum Gasteiger partial charge on any atom is -0.382 e. The number of para-hydroxylation sites is 1. The summed E-state index contributed by atoms with van der Waals surface area (Å²) in [5.41, 5.74) is 7.52. The Kier molecular flexibility index (Phi) is 4.34. The number of anilines is 1. The number of nitrogens with one attached hydrogen (secondary N) is 1. The highest BCUT2D eigenvalue weighted by Crippen LogP contribution is 2.21. The molecular formula is C17H18N6O2. The quantitative estimate of drug-likeness (QED) is 0.752. The standard InChI is InChI=1S/C17H18N6O2/c1-22(2)17(25)20-10-12-9-11(7-8-19-12)16(24)23-14-6-4-3-5-13(14)15(18)21-23/h3-9H,10H2,1-2H3,(H2,18,21)(H,20,25). The van der Waals surface area contributed by atoms with Crippen LogP contribution in [0.4, 0.5) is 10.6 Å². The lowest BCUT2D eigenvalue weighted by Crippen LogP contribution is -2.34. The van der Waals surface area contributed by atoms with E-state index < -0.39 is 0 Å². The number of pyridine rings is 1. The molecule has 128 valence electrons. The second-order valence-electron chi connectivity index (χ2n) is 5.71. The molecule has 2 heterocycles. The molecule has 2 amide bonds. The van der Waals surface area contributed by atoms with Crippen molar-refractivity contribution in [1.82, 2.24) is 25.0 Å². The summed E-state index contributed by atoms with van der Waals surface area (Å²) in [6.07, 6.45) is 1.53. The maximum atomic E-state index is 12.8. The molecule has 8 nitrogen and oxygen atoms in total. The molecule has 0 unspecified atom stereocenters. The van der Waals surface area contributed by atoms with Gasteiger partial charge in [0, 0.05) is 31.2 Å². The Morgan fingerprint density at radius 1 is 1.24 bits per heavy atom. The van der Waals surface area contributed by atoms with Gasteiger partial charge in [-0.25, -0.2) is 4.79 Å². The summed E-state index contributed by atoms with van der Waals surface area (Å²) in [6, 6.07) is 10.3. The molecule has 0 aliphatic heterocycles. The number of hydrogen-bond donors (Lipinski definition) is 2. The zero-order chi connectivity index (χ0) is 18.0. The number of rotatable bonds is 3. The topological polar surface area (TPSA) is 106 Å². The Morgan fingerprint density at radius 2 is 2.00 bits per heavy atom. The average Bonchev–Trinajstić information content (AvgIpc) is 2.96. The van der Waals surface area contributed by atoms with E-state index in [4.69, 9.17) is 5.73 Å².